The molecule has 0 aliphatic rings. The number of aryl methyl sites for hydroxylation is 1. The van der Waals surface area contributed by atoms with E-state index in [2.05, 4.69) is 44.7 Å². The second-order valence-electron chi connectivity index (χ2n) is 10.4. The Morgan fingerprint density at radius 1 is 0.889 bits per heavy atom. The molecule has 0 aliphatic heterocycles. The van der Waals surface area contributed by atoms with Gasteiger partial charge in [0.1, 0.15) is 0 Å². The molecule has 0 radical (unpaired) electrons. The van der Waals surface area contributed by atoms with Gasteiger partial charge in [0.05, 0.1) is 11.7 Å². The van der Waals surface area contributed by atoms with Gasteiger partial charge in [-0.2, -0.15) is 0 Å². The van der Waals surface area contributed by atoms with Crippen LogP contribution in [0.5, 0.6) is 0 Å². The first-order valence-electron chi connectivity index (χ1n) is 14.8. The molecular weight excluding hydrogens is 558 g/mol. The van der Waals surface area contributed by atoms with Gasteiger partial charge >= 0.3 is 0 Å². The number of rotatable bonds is 8. The standard InChI is InChI=1S/C27H28N6O.C7H8.C3H7N/c1-18(16-19-6-3-2-4-7-19)25(29)26(34)31-22-12-10-20(11-13-22)24-14-15-30-27(33-24)32-23-9-5-8-21(28)17-23;1-7-5-3-2-4-6-7;1-3-4-2/h2-15,17-18,25H,16,28-29H2,1H3,(H,31,34)(H,30,32,33);2-6H,1H3;3H,1-2H3/t18-,25?;;/m0../s1. The van der Waals surface area contributed by atoms with Crippen molar-refractivity contribution < 1.29 is 4.79 Å². The number of anilines is 4. The number of nitrogens with zero attached hydrogens (tertiary/aromatic N) is 3. The van der Waals surface area contributed by atoms with E-state index in [1.165, 1.54) is 5.56 Å². The van der Waals surface area contributed by atoms with Gasteiger partial charge in [0, 0.05) is 35.9 Å². The number of amides is 1. The van der Waals surface area contributed by atoms with E-state index in [9.17, 15) is 4.79 Å². The second-order valence-corrected chi connectivity index (χ2v) is 10.4. The van der Waals surface area contributed by atoms with Crippen LogP contribution in [0.15, 0.2) is 126 Å². The molecule has 4 aromatic carbocycles. The van der Waals surface area contributed by atoms with Crippen molar-refractivity contribution in [2.24, 2.45) is 16.6 Å². The van der Waals surface area contributed by atoms with Crippen LogP contribution in [0.3, 0.4) is 0 Å². The number of benzene rings is 4. The van der Waals surface area contributed by atoms with Gasteiger partial charge in [-0.15, -0.1) is 0 Å². The predicted octanol–water partition coefficient (Wildman–Crippen LogP) is 7.32. The first-order chi connectivity index (χ1) is 21.8. The SMILES string of the molecule is CC=NC.C[C@@H](Cc1ccccc1)C(N)C(=O)Nc1ccc(-c2ccnc(Nc3cccc(N)c3)n2)cc1.Cc1ccccc1. The highest BCUT2D eigenvalue weighted by molar-refractivity contribution is 5.95. The second kappa shape index (κ2) is 18.4. The number of hydrogen-bond donors (Lipinski definition) is 4. The van der Waals surface area contributed by atoms with Crippen LogP contribution in [0, 0.1) is 12.8 Å². The Balaban J connectivity index is 0.000000425. The molecule has 0 spiro atoms. The zero-order chi connectivity index (χ0) is 32.4. The fourth-order valence-electron chi connectivity index (χ4n) is 4.18. The van der Waals surface area contributed by atoms with E-state index in [0.717, 1.165) is 28.9 Å². The third kappa shape index (κ3) is 12.1. The van der Waals surface area contributed by atoms with Crippen LogP contribution < -0.4 is 22.1 Å². The molecule has 0 aliphatic carbocycles. The van der Waals surface area contributed by atoms with Gasteiger partial charge in [0.25, 0.3) is 0 Å². The summed E-state index contributed by atoms with van der Waals surface area (Å²) in [5, 5.41) is 6.08. The van der Waals surface area contributed by atoms with Gasteiger partial charge in [-0.3, -0.25) is 4.79 Å². The Hall–Kier alpha value is -5.34. The first-order valence-corrected chi connectivity index (χ1v) is 14.8. The topological polar surface area (TPSA) is 131 Å². The summed E-state index contributed by atoms with van der Waals surface area (Å²) in [4.78, 5) is 25.1. The number of aliphatic imine (C=N–C) groups is 1. The lowest BCUT2D eigenvalue weighted by Gasteiger charge is -2.19. The molecular formula is C37H43N7O. The lowest BCUT2D eigenvalue weighted by Crippen LogP contribution is -2.41. The van der Waals surface area contributed by atoms with Gasteiger partial charge in [0.2, 0.25) is 11.9 Å². The Bertz CT molecular complexity index is 1600. The minimum Gasteiger partial charge on any atom is -0.399 e. The summed E-state index contributed by atoms with van der Waals surface area (Å²) in [6.45, 7) is 5.96. The summed E-state index contributed by atoms with van der Waals surface area (Å²) < 4.78 is 0. The van der Waals surface area contributed by atoms with Gasteiger partial charge in [-0.05, 0) is 74.4 Å². The number of carbonyl (C=O) groups is 1. The molecule has 1 unspecified atom stereocenters. The zero-order valence-electron chi connectivity index (χ0n) is 26.4. The summed E-state index contributed by atoms with van der Waals surface area (Å²) in [6.07, 6.45) is 4.19. The molecule has 1 aromatic heterocycles. The molecule has 5 rings (SSSR count). The van der Waals surface area contributed by atoms with Crippen molar-refractivity contribution in [3.05, 3.63) is 133 Å². The minimum absolute atomic E-state index is 0.00794. The van der Waals surface area contributed by atoms with E-state index in [1.807, 2.05) is 117 Å². The normalized spacial score (nSPS) is 11.7. The quantitative estimate of drug-likeness (QED) is 0.109. The van der Waals surface area contributed by atoms with Crippen LogP contribution in [0.1, 0.15) is 25.0 Å². The van der Waals surface area contributed by atoms with Crippen LogP contribution in [-0.4, -0.2) is 35.2 Å². The van der Waals surface area contributed by atoms with Gasteiger partial charge in [-0.25, -0.2) is 9.97 Å². The van der Waals surface area contributed by atoms with Crippen LogP contribution in [0.25, 0.3) is 11.3 Å². The van der Waals surface area contributed by atoms with Crippen LogP contribution >= 0.6 is 0 Å². The molecule has 2 atom stereocenters. The van der Waals surface area contributed by atoms with Gasteiger partial charge in [0.15, 0.2) is 0 Å². The lowest BCUT2D eigenvalue weighted by molar-refractivity contribution is -0.118. The maximum Gasteiger partial charge on any atom is 0.241 e. The summed E-state index contributed by atoms with van der Waals surface area (Å²) >= 11 is 0. The lowest BCUT2D eigenvalue weighted by atomic mass is 9.94. The van der Waals surface area contributed by atoms with Crippen molar-refractivity contribution in [1.29, 1.82) is 0 Å². The number of carbonyl (C=O) groups excluding carboxylic acids is 1. The molecule has 1 heterocycles. The van der Waals surface area contributed by atoms with E-state index < -0.39 is 6.04 Å². The summed E-state index contributed by atoms with van der Waals surface area (Å²) in [5.41, 5.74) is 18.4. The number of nitrogens with one attached hydrogen (secondary N) is 2. The minimum atomic E-state index is -0.609. The molecule has 0 bridgehead atoms. The molecule has 1 amide bonds. The van der Waals surface area contributed by atoms with Crippen molar-refractivity contribution in [1.82, 2.24) is 9.97 Å². The largest absolute Gasteiger partial charge is 0.399 e. The zero-order valence-corrected chi connectivity index (χ0v) is 26.4. The third-order valence-corrected chi connectivity index (χ3v) is 6.76. The number of nitrogen functional groups attached to an aromatic ring is 1. The van der Waals surface area contributed by atoms with E-state index >= 15 is 0 Å². The monoisotopic (exact) mass is 601 g/mol. The van der Waals surface area contributed by atoms with Crippen LogP contribution in [-0.2, 0) is 11.2 Å². The van der Waals surface area contributed by atoms with Gasteiger partial charge < -0.3 is 27.1 Å². The fraction of sp³-hybridized carbons (Fsp3) is 0.189. The Kier molecular flexibility index (Phi) is 13.9. The number of hydrogen-bond acceptors (Lipinski definition) is 7. The highest BCUT2D eigenvalue weighted by Gasteiger charge is 2.21. The van der Waals surface area contributed by atoms with E-state index in [-0.39, 0.29) is 11.8 Å². The average molecular weight is 602 g/mol. The third-order valence-electron chi connectivity index (χ3n) is 6.76. The number of aromatic nitrogens is 2. The molecule has 232 valence electrons. The molecule has 8 heteroatoms. The van der Waals surface area contributed by atoms with E-state index in [1.54, 1.807) is 19.5 Å². The Labute approximate surface area is 266 Å². The molecule has 45 heavy (non-hydrogen) atoms. The maximum atomic E-state index is 12.7. The van der Waals surface area contributed by atoms with Crippen molar-refractivity contribution in [2.45, 2.75) is 33.2 Å². The first kappa shape index (κ1) is 34.2. The van der Waals surface area contributed by atoms with Crippen molar-refractivity contribution in [3.8, 4) is 11.3 Å². The van der Waals surface area contributed by atoms with E-state index in [0.29, 0.717) is 17.3 Å². The number of nitrogens with two attached hydrogens (primary N) is 2. The van der Waals surface area contributed by atoms with Gasteiger partial charge in [-0.1, -0.05) is 91.3 Å². The molecule has 0 saturated carbocycles. The van der Waals surface area contributed by atoms with Crippen molar-refractivity contribution in [3.63, 3.8) is 0 Å². The van der Waals surface area contributed by atoms with Crippen LogP contribution in [0.4, 0.5) is 23.0 Å². The van der Waals surface area contributed by atoms with E-state index in [4.69, 9.17) is 11.5 Å². The predicted molar refractivity (Wildman–Crippen MR) is 189 cm³/mol. The van der Waals surface area contributed by atoms with Crippen LogP contribution in [0.2, 0.25) is 0 Å². The molecule has 8 nitrogen and oxygen atoms in total. The highest BCUT2D eigenvalue weighted by atomic mass is 16.2. The smallest absolute Gasteiger partial charge is 0.241 e. The summed E-state index contributed by atoms with van der Waals surface area (Å²) in [7, 11) is 1.75. The summed E-state index contributed by atoms with van der Waals surface area (Å²) in [6, 6.07) is 36.4. The molecule has 6 N–H and O–H groups in total. The Morgan fingerprint density at radius 3 is 2.11 bits per heavy atom. The van der Waals surface area contributed by atoms with Crippen molar-refractivity contribution in [2.75, 3.05) is 23.4 Å². The summed E-state index contributed by atoms with van der Waals surface area (Å²) in [5.74, 6) is 0.277. The maximum absolute atomic E-state index is 12.7. The molecule has 0 saturated heterocycles. The average Bonchev–Trinajstić information content (AvgIpc) is 3.06. The fourth-order valence-corrected chi connectivity index (χ4v) is 4.18. The van der Waals surface area contributed by atoms with Crippen molar-refractivity contribution >= 4 is 35.1 Å². The highest BCUT2D eigenvalue weighted by Crippen LogP contribution is 2.22. The molecule has 5 aromatic rings. The molecule has 0 fully saturated rings. The Morgan fingerprint density at radius 2 is 1.53 bits per heavy atom.